The lowest BCUT2D eigenvalue weighted by atomic mass is 10.1. The smallest absolute Gasteiger partial charge is 0.419 e. The number of aromatic nitrogens is 3. The molecule has 0 saturated carbocycles. The molecule has 37 heavy (non-hydrogen) atoms. The maximum absolute atomic E-state index is 12.7. The van der Waals surface area contributed by atoms with Gasteiger partial charge in [-0.25, -0.2) is 19.7 Å². The topological polar surface area (TPSA) is 132 Å². The van der Waals surface area contributed by atoms with Crippen molar-refractivity contribution in [2.75, 3.05) is 36.9 Å². The quantitative estimate of drug-likeness (QED) is 0.231. The standard InChI is InChI=1S/C24H32F3N7O3/c1-16(35)31-15-34(11-3-2-6-19-8-7-17-5-4-10-28-21(17)32-19)12-9-20(22(36)37)33-23-29-13-18(14-30-23)24(25,26)27/h7-8,13-14,20H,2-6,9-12,15H2,1H3,(H,28,32)(H,31,35)(H,36,37)(H,29,30,33). The van der Waals surface area contributed by atoms with Crippen LogP contribution >= 0.6 is 0 Å². The number of amides is 1. The summed E-state index contributed by atoms with van der Waals surface area (Å²) in [5.74, 6) is -0.641. The fourth-order valence-electron chi connectivity index (χ4n) is 3.92. The number of carbonyl (C=O) groups excluding carboxylic acids is 1. The van der Waals surface area contributed by atoms with Gasteiger partial charge in [-0.05, 0) is 56.7 Å². The normalized spacial score (nSPS) is 14.0. The summed E-state index contributed by atoms with van der Waals surface area (Å²) >= 11 is 0. The van der Waals surface area contributed by atoms with Crippen molar-refractivity contribution in [1.29, 1.82) is 0 Å². The van der Waals surface area contributed by atoms with Gasteiger partial charge in [0.1, 0.15) is 11.9 Å². The highest BCUT2D eigenvalue weighted by Crippen LogP contribution is 2.28. The number of halogens is 3. The molecular formula is C24H32F3N7O3. The Morgan fingerprint density at radius 2 is 1.95 bits per heavy atom. The molecule has 0 fully saturated rings. The van der Waals surface area contributed by atoms with Crippen LogP contribution in [0.1, 0.15) is 49.4 Å². The molecule has 1 atom stereocenters. The van der Waals surface area contributed by atoms with E-state index in [9.17, 15) is 27.9 Å². The molecule has 1 amide bonds. The van der Waals surface area contributed by atoms with Gasteiger partial charge in [-0.1, -0.05) is 6.07 Å². The first kappa shape index (κ1) is 28.1. The molecule has 0 aromatic carbocycles. The second kappa shape index (κ2) is 13.2. The van der Waals surface area contributed by atoms with E-state index in [0.717, 1.165) is 50.2 Å². The van der Waals surface area contributed by atoms with E-state index in [-0.39, 0.29) is 24.9 Å². The number of carbonyl (C=O) groups is 2. The number of nitrogens with one attached hydrogen (secondary N) is 3. The van der Waals surface area contributed by atoms with E-state index in [2.05, 4.69) is 32.0 Å². The van der Waals surface area contributed by atoms with Crippen molar-refractivity contribution in [2.24, 2.45) is 0 Å². The van der Waals surface area contributed by atoms with Crippen LogP contribution in [0.4, 0.5) is 24.9 Å². The Morgan fingerprint density at radius 1 is 1.19 bits per heavy atom. The number of aryl methyl sites for hydroxylation is 2. The Bertz CT molecular complexity index is 1050. The fourth-order valence-corrected chi connectivity index (χ4v) is 3.92. The van der Waals surface area contributed by atoms with Gasteiger partial charge in [0.25, 0.3) is 0 Å². The highest BCUT2D eigenvalue weighted by atomic mass is 19.4. The lowest BCUT2D eigenvalue weighted by Crippen LogP contribution is -2.41. The fraction of sp³-hybridized carbons (Fsp3) is 0.542. The zero-order valence-corrected chi connectivity index (χ0v) is 20.6. The minimum Gasteiger partial charge on any atom is -0.480 e. The number of aliphatic carboxylic acids is 1. The van der Waals surface area contributed by atoms with E-state index in [4.69, 9.17) is 4.98 Å². The number of hydrogen-bond donors (Lipinski definition) is 4. The van der Waals surface area contributed by atoms with Crippen LogP contribution in [0.3, 0.4) is 0 Å². The number of alkyl halides is 3. The second-order valence-electron chi connectivity index (χ2n) is 8.92. The van der Waals surface area contributed by atoms with Crippen molar-refractivity contribution in [3.05, 3.63) is 41.3 Å². The SMILES string of the molecule is CC(=O)NCN(CCCCc1ccc2c(n1)NCCC2)CCC(Nc1ncc(C(F)(F)F)cn1)C(=O)O. The number of fused-ring (bicyclic) bond motifs is 1. The van der Waals surface area contributed by atoms with Crippen molar-refractivity contribution in [2.45, 2.75) is 57.7 Å². The van der Waals surface area contributed by atoms with Gasteiger partial charge < -0.3 is 21.1 Å². The average Bonchev–Trinajstić information content (AvgIpc) is 2.86. The van der Waals surface area contributed by atoms with E-state index in [1.165, 1.54) is 12.5 Å². The molecule has 0 bridgehead atoms. The molecule has 2 aromatic heterocycles. The molecule has 0 saturated heterocycles. The molecule has 4 N–H and O–H groups in total. The van der Waals surface area contributed by atoms with Crippen LogP contribution in [0.25, 0.3) is 0 Å². The molecule has 202 valence electrons. The molecule has 0 aliphatic carbocycles. The number of hydrogen-bond acceptors (Lipinski definition) is 8. The number of carboxylic acid groups (broad SMARTS) is 1. The van der Waals surface area contributed by atoms with E-state index in [0.29, 0.717) is 25.5 Å². The summed E-state index contributed by atoms with van der Waals surface area (Å²) in [6.45, 7) is 3.52. The third-order valence-electron chi connectivity index (χ3n) is 5.98. The van der Waals surface area contributed by atoms with Crippen LogP contribution in [0.5, 0.6) is 0 Å². The minimum atomic E-state index is -4.58. The predicted molar refractivity (Wildman–Crippen MR) is 131 cm³/mol. The average molecular weight is 524 g/mol. The molecule has 3 heterocycles. The molecule has 10 nitrogen and oxygen atoms in total. The monoisotopic (exact) mass is 523 g/mol. The molecular weight excluding hydrogens is 491 g/mol. The van der Waals surface area contributed by atoms with Gasteiger partial charge in [-0.2, -0.15) is 13.2 Å². The first-order valence-electron chi connectivity index (χ1n) is 12.2. The largest absolute Gasteiger partial charge is 0.480 e. The first-order chi connectivity index (χ1) is 17.6. The highest BCUT2D eigenvalue weighted by Gasteiger charge is 2.31. The van der Waals surface area contributed by atoms with Crippen LogP contribution < -0.4 is 16.0 Å². The number of pyridine rings is 1. The highest BCUT2D eigenvalue weighted by molar-refractivity contribution is 5.76. The maximum atomic E-state index is 12.7. The zero-order valence-electron chi connectivity index (χ0n) is 20.6. The molecule has 1 unspecified atom stereocenters. The van der Waals surface area contributed by atoms with Crippen molar-refractivity contribution in [1.82, 2.24) is 25.2 Å². The van der Waals surface area contributed by atoms with Gasteiger partial charge in [0, 0.05) is 38.1 Å². The number of nitrogens with zero attached hydrogens (tertiary/aromatic N) is 4. The Labute approximate surface area is 213 Å². The van der Waals surface area contributed by atoms with Crippen LogP contribution in [0.2, 0.25) is 0 Å². The summed E-state index contributed by atoms with van der Waals surface area (Å²) in [5, 5.41) is 18.2. The van der Waals surface area contributed by atoms with E-state index in [1.807, 2.05) is 11.0 Å². The molecule has 2 aromatic rings. The third kappa shape index (κ3) is 9.16. The summed E-state index contributed by atoms with van der Waals surface area (Å²) in [5.41, 5.74) is 1.22. The Morgan fingerprint density at radius 3 is 2.62 bits per heavy atom. The summed E-state index contributed by atoms with van der Waals surface area (Å²) in [6, 6.07) is 3.04. The van der Waals surface area contributed by atoms with E-state index >= 15 is 0 Å². The second-order valence-corrected chi connectivity index (χ2v) is 8.92. The molecule has 1 aliphatic heterocycles. The van der Waals surface area contributed by atoms with Crippen LogP contribution in [-0.4, -0.2) is 69.2 Å². The van der Waals surface area contributed by atoms with Gasteiger partial charge in [-0.3, -0.25) is 9.69 Å². The Hall–Kier alpha value is -3.48. The van der Waals surface area contributed by atoms with Gasteiger partial charge in [-0.15, -0.1) is 0 Å². The van der Waals surface area contributed by atoms with Gasteiger partial charge in [0.2, 0.25) is 11.9 Å². The Kier molecular flexibility index (Phi) is 10.0. The predicted octanol–water partition coefficient (Wildman–Crippen LogP) is 2.92. The molecule has 0 spiro atoms. The summed E-state index contributed by atoms with van der Waals surface area (Å²) < 4.78 is 38.1. The van der Waals surface area contributed by atoms with Crippen molar-refractivity contribution in [3.8, 4) is 0 Å². The number of unbranched alkanes of at least 4 members (excludes halogenated alkanes) is 1. The maximum Gasteiger partial charge on any atom is 0.419 e. The minimum absolute atomic E-state index is 0.122. The van der Waals surface area contributed by atoms with Crippen molar-refractivity contribution < 1.29 is 27.9 Å². The zero-order chi connectivity index (χ0) is 26.8. The summed E-state index contributed by atoms with van der Waals surface area (Å²) in [4.78, 5) is 36.9. The number of rotatable bonds is 13. The molecule has 13 heteroatoms. The summed E-state index contributed by atoms with van der Waals surface area (Å²) in [6.07, 6.45) is 1.35. The molecule has 1 aliphatic rings. The third-order valence-corrected chi connectivity index (χ3v) is 5.98. The van der Waals surface area contributed by atoms with E-state index in [1.54, 1.807) is 0 Å². The number of carboxylic acids is 1. The van der Waals surface area contributed by atoms with Gasteiger partial charge in [0.15, 0.2) is 0 Å². The van der Waals surface area contributed by atoms with Gasteiger partial charge in [0.05, 0.1) is 12.2 Å². The van der Waals surface area contributed by atoms with Crippen LogP contribution in [-0.2, 0) is 28.6 Å². The Balaban J connectivity index is 1.51. The van der Waals surface area contributed by atoms with Gasteiger partial charge >= 0.3 is 12.1 Å². The molecule has 3 rings (SSSR count). The summed E-state index contributed by atoms with van der Waals surface area (Å²) in [7, 11) is 0. The van der Waals surface area contributed by atoms with Crippen LogP contribution in [0, 0.1) is 0 Å². The van der Waals surface area contributed by atoms with Crippen LogP contribution in [0.15, 0.2) is 24.5 Å². The number of anilines is 2. The van der Waals surface area contributed by atoms with Crippen molar-refractivity contribution >= 4 is 23.6 Å². The lowest BCUT2D eigenvalue weighted by Gasteiger charge is -2.24. The lowest BCUT2D eigenvalue weighted by molar-refractivity contribution is -0.139. The van der Waals surface area contributed by atoms with E-state index < -0.39 is 23.8 Å². The van der Waals surface area contributed by atoms with Crippen molar-refractivity contribution in [3.63, 3.8) is 0 Å². The molecule has 0 radical (unpaired) electrons. The first-order valence-corrected chi connectivity index (χ1v) is 12.2.